The zero-order valence-electron chi connectivity index (χ0n) is 11.8. The van der Waals surface area contributed by atoms with Crippen molar-refractivity contribution in [1.82, 2.24) is 4.90 Å². The third-order valence-corrected chi connectivity index (χ3v) is 4.65. The van der Waals surface area contributed by atoms with Gasteiger partial charge in [0, 0.05) is 24.4 Å². The lowest BCUT2D eigenvalue weighted by molar-refractivity contribution is -0.532. The van der Waals surface area contributed by atoms with Crippen LogP contribution in [-0.2, 0) is 0 Å². The average Bonchev–Trinajstić information content (AvgIpc) is 2.46. The molecule has 1 aromatic rings. The van der Waals surface area contributed by atoms with E-state index in [1.165, 1.54) is 16.7 Å². The molecule has 0 spiro atoms. The van der Waals surface area contributed by atoms with Gasteiger partial charge in [-0.15, -0.1) is 0 Å². The van der Waals surface area contributed by atoms with Crippen LogP contribution in [0.2, 0.25) is 0 Å². The van der Waals surface area contributed by atoms with E-state index in [-0.39, 0.29) is 10.8 Å². The van der Waals surface area contributed by atoms with Gasteiger partial charge < -0.3 is 4.90 Å². The summed E-state index contributed by atoms with van der Waals surface area (Å²) in [5.74, 6) is 0.0905. The molecule has 0 bridgehead atoms. The van der Waals surface area contributed by atoms with Crippen LogP contribution in [0, 0.1) is 16.0 Å². The molecule has 2 atom stereocenters. The van der Waals surface area contributed by atoms with Crippen LogP contribution in [0.4, 0.5) is 0 Å². The second kappa shape index (κ2) is 5.37. The molecule has 0 radical (unpaired) electrons. The van der Waals surface area contributed by atoms with Gasteiger partial charge in [0.1, 0.15) is 0 Å². The summed E-state index contributed by atoms with van der Waals surface area (Å²) in [6.45, 7) is 1.82. The number of nitro groups is 1. The Balaban J connectivity index is 2.01. The minimum atomic E-state index is -0.403. The lowest BCUT2D eigenvalue weighted by Gasteiger charge is -2.38. The van der Waals surface area contributed by atoms with Crippen LogP contribution in [0.1, 0.15) is 24.8 Å². The van der Waals surface area contributed by atoms with Gasteiger partial charge in [0.2, 0.25) is 6.04 Å². The van der Waals surface area contributed by atoms with E-state index in [0.717, 1.165) is 25.9 Å². The topological polar surface area (TPSA) is 46.4 Å². The standard InChI is InChI=1S/C16H20N2O2/c1-17-10-9-14-13(12-5-3-2-4-6-12)7-8-16(18(19)20)15(14)11-17/h2-6,15-16H,7-11H2,1H3/t15-,16+/m0/s1. The Kier molecular flexibility index (Phi) is 3.57. The normalized spacial score (nSPS) is 27.2. The average molecular weight is 272 g/mol. The SMILES string of the molecule is CN1CCC2=C(c3ccccc3)CC[C@@H]([N+](=O)[O-])[C@H]2C1. The molecule has 0 unspecified atom stereocenters. The first-order chi connectivity index (χ1) is 9.66. The molecule has 1 fully saturated rings. The van der Waals surface area contributed by atoms with E-state index < -0.39 is 6.04 Å². The van der Waals surface area contributed by atoms with Gasteiger partial charge >= 0.3 is 0 Å². The highest BCUT2D eigenvalue weighted by atomic mass is 16.6. The van der Waals surface area contributed by atoms with Gasteiger partial charge in [-0.1, -0.05) is 35.9 Å². The van der Waals surface area contributed by atoms with Crippen molar-refractivity contribution in [3.63, 3.8) is 0 Å². The first-order valence-corrected chi connectivity index (χ1v) is 7.26. The van der Waals surface area contributed by atoms with Crippen LogP contribution >= 0.6 is 0 Å². The van der Waals surface area contributed by atoms with Crippen LogP contribution in [0.3, 0.4) is 0 Å². The number of piperidine rings is 1. The third kappa shape index (κ3) is 2.36. The zero-order chi connectivity index (χ0) is 14.1. The van der Waals surface area contributed by atoms with Crippen molar-refractivity contribution in [2.24, 2.45) is 5.92 Å². The van der Waals surface area contributed by atoms with Crippen molar-refractivity contribution in [3.05, 3.63) is 51.6 Å². The lowest BCUT2D eigenvalue weighted by atomic mass is 9.74. The van der Waals surface area contributed by atoms with Crippen molar-refractivity contribution in [1.29, 1.82) is 0 Å². The summed E-state index contributed by atoms with van der Waals surface area (Å²) in [7, 11) is 2.06. The van der Waals surface area contributed by atoms with Crippen molar-refractivity contribution >= 4 is 5.57 Å². The smallest absolute Gasteiger partial charge is 0.221 e. The Morgan fingerprint density at radius 1 is 1.25 bits per heavy atom. The molecule has 1 aromatic carbocycles. The maximum atomic E-state index is 11.3. The lowest BCUT2D eigenvalue weighted by Crippen LogP contribution is -2.44. The van der Waals surface area contributed by atoms with Gasteiger partial charge in [-0.25, -0.2) is 0 Å². The first kappa shape index (κ1) is 13.3. The van der Waals surface area contributed by atoms with E-state index in [2.05, 4.69) is 24.1 Å². The summed E-state index contributed by atoms with van der Waals surface area (Å²) >= 11 is 0. The van der Waals surface area contributed by atoms with Gasteiger partial charge in [-0.2, -0.15) is 0 Å². The molecule has 0 amide bonds. The van der Waals surface area contributed by atoms with E-state index in [4.69, 9.17) is 0 Å². The maximum Gasteiger partial charge on any atom is 0.221 e. The highest BCUT2D eigenvalue weighted by Crippen LogP contribution is 2.41. The van der Waals surface area contributed by atoms with Crippen LogP contribution in [0.25, 0.3) is 5.57 Å². The van der Waals surface area contributed by atoms with Gasteiger partial charge in [-0.05, 0) is 31.0 Å². The Labute approximate surface area is 119 Å². The summed E-state index contributed by atoms with van der Waals surface area (Å²) in [5, 5.41) is 11.3. The third-order valence-electron chi connectivity index (χ3n) is 4.65. The van der Waals surface area contributed by atoms with Gasteiger partial charge in [0.25, 0.3) is 0 Å². The molecule has 0 N–H and O–H groups in total. The Bertz CT molecular complexity index is 539. The minimum absolute atomic E-state index is 0.0639. The molecule has 4 heteroatoms. The van der Waals surface area contributed by atoms with Crippen LogP contribution in [-0.4, -0.2) is 36.0 Å². The summed E-state index contributed by atoms with van der Waals surface area (Å²) in [5.41, 5.74) is 3.95. The van der Waals surface area contributed by atoms with E-state index in [1.807, 2.05) is 18.2 Å². The molecule has 4 nitrogen and oxygen atoms in total. The predicted octanol–water partition coefficient (Wildman–Crippen LogP) is 2.83. The number of nitrogens with zero attached hydrogens (tertiary/aromatic N) is 2. The second-order valence-electron chi connectivity index (χ2n) is 5.88. The number of rotatable bonds is 2. The van der Waals surface area contributed by atoms with E-state index in [0.29, 0.717) is 6.42 Å². The van der Waals surface area contributed by atoms with E-state index in [1.54, 1.807) is 0 Å². The number of hydrogen-bond donors (Lipinski definition) is 0. The largest absolute Gasteiger partial charge is 0.305 e. The van der Waals surface area contributed by atoms with Crippen LogP contribution in [0.5, 0.6) is 0 Å². The van der Waals surface area contributed by atoms with Gasteiger partial charge in [0.15, 0.2) is 0 Å². The molecule has 1 saturated heterocycles. The molecule has 20 heavy (non-hydrogen) atoms. The van der Waals surface area contributed by atoms with Crippen molar-refractivity contribution < 1.29 is 4.92 Å². The van der Waals surface area contributed by atoms with E-state index >= 15 is 0 Å². The molecule has 1 aliphatic carbocycles. The number of likely N-dealkylation sites (tertiary alicyclic amines) is 1. The Morgan fingerprint density at radius 3 is 2.70 bits per heavy atom. The summed E-state index contributed by atoms with van der Waals surface area (Å²) in [6, 6.07) is 9.97. The molecule has 0 saturated carbocycles. The summed E-state index contributed by atoms with van der Waals surface area (Å²) in [6.07, 6.45) is 2.47. The Morgan fingerprint density at radius 2 is 2.00 bits per heavy atom. The minimum Gasteiger partial charge on any atom is -0.305 e. The summed E-state index contributed by atoms with van der Waals surface area (Å²) < 4.78 is 0. The molecular weight excluding hydrogens is 252 g/mol. The number of fused-ring (bicyclic) bond motifs is 1. The van der Waals surface area contributed by atoms with Crippen molar-refractivity contribution in [2.45, 2.75) is 25.3 Å². The monoisotopic (exact) mass is 272 g/mol. The fraction of sp³-hybridized carbons (Fsp3) is 0.500. The van der Waals surface area contributed by atoms with Crippen LogP contribution < -0.4 is 0 Å². The molecule has 1 aliphatic heterocycles. The molecule has 106 valence electrons. The zero-order valence-corrected chi connectivity index (χ0v) is 11.8. The quantitative estimate of drug-likeness (QED) is 0.614. The van der Waals surface area contributed by atoms with Crippen LogP contribution in [0.15, 0.2) is 35.9 Å². The second-order valence-corrected chi connectivity index (χ2v) is 5.88. The van der Waals surface area contributed by atoms with Gasteiger partial charge in [-0.3, -0.25) is 10.1 Å². The fourth-order valence-electron chi connectivity index (χ4n) is 3.64. The number of benzene rings is 1. The first-order valence-electron chi connectivity index (χ1n) is 7.26. The maximum absolute atomic E-state index is 11.3. The summed E-state index contributed by atoms with van der Waals surface area (Å²) in [4.78, 5) is 13.5. The van der Waals surface area contributed by atoms with Gasteiger partial charge in [0.05, 0.1) is 5.92 Å². The highest BCUT2D eigenvalue weighted by Gasteiger charge is 2.41. The molecule has 3 rings (SSSR count). The van der Waals surface area contributed by atoms with Crippen molar-refractivity contribution in [3.8, 4) is 0 Å². The van der Waals surface area contributed by atoms with E-state index in [9.17, 15) is 10.1 Å². The molecule has 1 heterocycles. The fourth-order valence-corrected chi connectivity index (χ4v) is 3.64. The Hall–Kier alpha value is -1.68. The highest BCUT2D eigenvalue weighted by molar-refractivity contribution is 5.70. The predicted molar refractivity (Wildman–Crippen MR) is 79.0 cm³/mol. The number of allylic oxidation sites excluding steroid dienone is 1. The van der Waals surface area contributed by atoms with Crippen molar-refractivity contribution in [2.75, 3.05) is 20.1 Å². The molecular formula is C16H20N2O2. The number of hydrogen-bond acceptors (Lipinski definition) is 3. The molecule has 2 aliphatic rings. The molecule has 0 aromatic heterocycles.